The van der Waals surface area contributed by atoms with E-state index in [1.807, 2.05) is 44.2 Å². The van der Waals surface area contributed by atoms with Gasteiger partial charge in [0.05, 0.1) is 11.9 Å². The molecule has 0 fully saturated rings. The van der Waals surface area contributed by atoms with Crippen LogP contribution >= 0.6 is 45.8 Å². The van der Waals surface area contributed by atoms with Crippen LogP contribution in [0.25, 0.3) is 0 Å². The monoisotopic (exact) mass is 701 g/mol. The Labute approximate surface area is 253 Å². The first kappa shape index (κ1) is 31.2. The molecule has 2 amide bonds. The second kappa shape index (κ2) is 13.8. The van der Waals surface area contributed by atoms with Crippen molar-refractivity contribution < 1.29 is 18.0 Å². The van der Waals surface area contributed by atoms with Crippen molar-refractivity contribution in [3.8, 4) is 0 Å². The molecule has 1 N–H and O–H groups in total. The zero-order valence-electron chi connectivity index (χ0n) is 21.8. The lowest BCUT2D eigenvalue weighted by Gasteiger charge is -2.34. The number of nitrogens with one attached hydrogen (secondary N) is 1. The van der Waals surface area contributed by atoms with Crippen LogP contribution in [0.3, 0.4) is 0 Å². The van der Waals surface area contributed by atoms with Crippen LogP contribution in [0.15, 0.2) is 72.8 Å². The lowest BCUT2D eigenvalue weighted by atomic mass is 10.0. The minimum Gasteiger partial charge on any atom is -0.352 e. The second-order valence-corrected chi connectivity index (χ2v) is 13.3. The van der Waals surface area contributed by atoms with Gasteiger partial charge in [0.2, 0.25) is 21.8 Å². The molecular weight excluding hydrogens is 672 g/mol. The highest BCUT2D eigenvalue weighted by Crippen LogP contribution is 2.28. The number of carbonyl (C=O) groups excluding carboxylic acids is 2. The lowest BCUT2D eigenvalue weighted by Crippen LogP contribution is -2.54. The fourth-order valence-electron chi connectivity index (χ4n) is 4.01. The summed E-state index contributed by atoms with van der Waals surface area (Å²) in [6.07, 6.45) is 1.25. The van der Waals surface area contributed by atoms with Crippen molar-refractivity contribution >= 4 is 73.3 Å². The number of nitrogens with zero attached hydrogens (tertiary/aromatic N) is 2. The van der Waals surface area contributed by atoms with Crippen LogP contribution in [0.4, 0.5) is 5.69 Å². The molecule has 1 atom stereocenters. The molecule has 7 nitrogen and oxygen atoms in total. The van der Waals surface area contributed by atoms with Gasteiger partial charge in [0.15, 0.2) is 0 Å². The first-order valence-electron chi connectivity index (χ1n) is 12.2. The van der Waals surface area contributed by atoms with Gasteiger partial charge in [-0.25, -0.2) is 8.42 Å². The average Bonchev–Trinajstić information content (AvgIpc) is 2.86. The van der Waals surface area contributed by atoms with Crippen LogP contribution in [-0.2, 0) is 32.6 Å². The van der Waals surface area contributed by atoms with Crippen molar-refractivity contribution in [3.63, 3.8) is 0 Å². The van der Waals surface area contributed by atoms with E-state index >= 15 is 0 Å². The number of rotatable bonds is 11. The molecule has 0 aliphatic rings. The number of benzene rings is 3. The highest BCUT2D eigenvalue weighted by molar-refractivity contribution is 14.1. The quantitative estimate of drug-likeness (QED) is 0.267. The highest BCUT2D eigenvalue weighted by atomic mass is 127. The molecule has 0 aliphatic carbocycles. The predicted octanol–water partition coefficient (Wildman–Crippen LogP) is 5.53. The van der Waals surface area contributed by atoms with Crippen molar-refractivity contribution in [2.24, 2.45) is 0 Å². The van der Waals surface area contributed by atoms with Crippen LogP contribution in [0, 0.1) is 3.57 Å². The maximum absolute atomic E-state index is 14.0. The molecule has 0 heterocycles. The van der Waals surface area contributed by atoms with Gasteiger partial charge in [0.25, 0.3) is 0 Å². The van der Waals surface area contributed by atoms with E-state index in [-0.39, 0.29) is 24.9 Å². The van der Waals surface area contributed by atoms with E-state index in [0.29, 0.717) is 21.3 Å². The summed E-state index contributed by atoms with van der Waals surface area (Å²) >= 11 is 15.1. The molecule has 3 aromatic carbocycles. The van der Waals surface area contributed by atoms with E-state index in [0.717, 1.165) is 19.7 Å². The van der Waals surface area contributed by atoms with E-state index in [1.54, 1.807) is 42.5 Å². The molecule has 0 spiro atoms. The third-order valence-electron chi connectivity index (χ3n) is 5.89. The molecule has 0 radical (unpaired) electrons. The summed E-state index contributed by atoms with van der Waals surface area (Å²) in [6.45, 7) is 3.06. The Hall–Kier alpha value is -2.34. The van der Waals surface area contributed by atoms with Crippen LogP contribution in [-0.4, -0.2) is 50.0 Å². The Morgan fingerprint density at radius 1 is 0.923 bits per heavy atom. The summed E-state index contributed by atoms with van der Waals surface area (Å²) in [5.74, 6) is -0.944. The molecule has 0 aromatic heterocycles. The summed E-state index contributed by atoms with van der Waals surface area (Å²) in [4.78, 5) is 29.0. The molecule has 3 rings (SSSR count). The van der Waals surface area contributed by atoms with Crippen LogP contribution < -0.4 is 9.62 Å². The van der Waals surface area contributed by atoms with Gasteiger partial charge in [-0.3, -0.25) is 13.9 Å². The summed E-state index contributed by atoms with van der Waals surface area (Å²) in [7, 11) is -3.84. The summed E-state index contributed by atoms with van der Waals surface area (Å²) in [5, 5.41) is 3.57. The zero-order chi connectivity index (χ0) is 28.7. The van der Waals surface area contributed by atoms with Gasteiger partial charge in [-0.05, 0) is 78.4 Å². The molecule has 11 heteroatoms. The minimum absolute atomic E-state index is 0.0926. The largest absolute Gasteiger partial charge is 0.352 e. The highest BCUT2D eigenvalue weighted by Gasteiger charge is 2.34. The second-order valence-electron chi connectivity index (χ2n) is 9.34. The first-order valence-corrected chi connectivity index (χ1v) is 15.8. The van der Waals surface area contributed by atoms with E-state index in [2.05, 4.69) is 27.9 Å². The van der Waals surface area contributed by atoms with Gasteiger partial charge in [-0.2, -0.15) is 0 Å². The molecule has 3 aromatic rings. The normalized spacial score (nSPS) is 12.2. The van der Waals surface area contributed by atoms with Gasteiger partial charge < -0.3 is 10.2 Å². The minimum atomic E-state index is -3.84. The predicted molar refractivity (Wildman–Crippen MR) is 166 cm³/mol. The fourth-order valence-corrected chi connectivity index (χ4v) is 5.74. The molecular formula is C28H30Cl2IN3O4S. The lowest BCUT2D eigenvalue weighted by molar-refractivity contribution is -0.140. The van der Waals surface area contributed by atoms with E-state index < -0.39 is 28.5 Å². The Kier molecular flexibility index (Phi) is 11.1. The SMILES string of the molecule is CC(C)NC(=O)C(Cc1ccccc1)N(Cc1c(Cl)cccc1Cl)C(=O)CN(c1ccc(I)cc1)S(C)(=O)=O. The van der Waals surface area contributed by atoms with E-state index in [9.17, 15) is 18.0 Å². The number of hydrogen-bond donors (Lipinski definition) is 1. The first-order chi connectivity index (χ1) is 18.4. The Morgan fingerprint density at radius 2 is 1.51 bits per heavy atom. The maximum atomic E-state index is 14.0. The van der Waals surface area contributed by atoms with Gasteiger partial charge in [0.1, 0.15) is 12.6 Å². The Bertz CT molecular complexity index is 1380. The average molecular weight is 702 g/mol. The molecule has 39 heavy (non-hydrogen) atoms. The number of amides is 2. The topological polar surface area (TPSA) is 86.8 Å². The van der Waals surface area contributed by atoms with E-state index in [4.69, 9.17) is 23.2 Å². The third kappa shape index (κ3) is 8.83. The van der Waals surface area contributed by atoms with Crippen LogP contribution in [0.2, 0.25) is 10.0 Å². The third-order valence-corrected chi connectivity index (χ3v) is 8.45. The number of carbonyl (C=O) groups is 2. The van der Waals surface area contributed by atoms with Crippen molar-refractivity contribution in [2.45, 2.75) is 38.9 Å². The van der Waals surface area contributed by atoms with Crippen LogP contribution in [0.5, 0.6) is 0 Å². The molecule has 1 unspecified atom stereocenters. The van der Waals surface area contributed by atoms with Crippen molar-refractivity contribution in [1.82, 2.24) is 10.2 Å². The number of hydrogen-bond acceptors (Lipinski definition) is 4. The van der Waals surface area contributed by atoms with Gasteiger partial charge in [-0.15, -0.1) is 0 Å². The van der Waals surface area contributed by atoms with Crippen molar-refractivity contribution in [1.29, 1.82) is 0 Å². The smallest absolute Gasteiger partial charge is 0.244 e. The Balaban J connectivity index is 2.09. The number of anilines is 1. The van der Waals surface area contributed by atoms with Crippen molar-refractivity contribution in [3.05, 3.63) is 97.5 Å². The summed E-state index contributed by atoms with van der Waals surface area (Å²) in [6, 6.07) is 19.9. The fraction of sp³-hybridized carbons (Fsp3) is 0.286. The van der Waals surface area contributed by atoms with Gasteiger partial charge >= 0.3 is 0 Å². The van der Waals surface area contributed by atoms with Gasteiger partial charge in [0, 0.05) is 38.2 Å². The Morgan fingerprint density at radius 3 is 2.05 bits per heavy atom. The number of halogens is 3. The summed E-state index contributed by atoms with van der Waals surface area (Å²) < 4.78 is 27.6. The summed E-state index contributed by atoms with van der Waals surface area (Å²) in [5.41, 5.74) is 1.64. The van der Waals surface area contributed by atoms with Crippen LogP contribution in [0.1, 0.15) is 25.0 Å². The maximum Gasteiger partial charge on any atom is 0.244 e. The van der Waals surface area contributed by atoms with Gasteiger partial charge in [-0.1, -0.05) is 59.6 Å². The molecule has 0 aliphatic heterocycles. The van der Waals surface area contributed by atoms with E-state index in [1.165, 1.54) is 4.90 Å². The molecule has 0 saturated heterocycles. The molecule has 0 bridgehead atoms. The standard InChI is InChI=1S/C28H30Cl2IN3O4S/c1-19(2)32-28(36)26(16-20-8-5-4-6-9-20)33(17-23-24(29)10-7-11-25(23)30)27(35)18-34(39(3,37)38)22-14-12-21(31)13-15-22/h4-15,19,26H,16-18H2,1-3H3,(H,32,36). The molecule has 208 valence electrons. The number of sulfonamides is 1. The molecule has 0 saturated carbocycles. The zero-order valence-corrected chi connectivity index (χ0v) is 26.3. The van der Waals surface area contributed by atoms with Crippen molar-refractivity contribution in [2.75, 3.05) is 17.1 Å².